The number of nitrogens with one attached hydrogen (secondary N) is 1. The molecule has 1 atom stereocenters. The number of carbonyl (C=O) groups excluding carboxylic acids is 1. The van der Waals surface area contributed by atoms with E-state index in [1.54, 1.807) is 36.4 Å². The van der Waals surface area contributed by atoms with Crippen LogP contribution in [0, 0.1) is 0 Å². The third-order valence-electron chi connectivity index (χ3n) is 3.85. The Labute approximate surface area is 169 Å². The molecule has 1 aromatic heterocycles. The molecule has 27 heavy (non-hydrogen) atoms. The Morgan fingerprint density at radius 2 is 1.56 bits per heavy atom. The highest BCUT2D eigenvalue weighted by Gasteiger charge is 2.13. The molecule has 3 rings (SSSR count). The predicted octanol–water partition coefficient (Wildman–Crippen LogP) is 4.87. The van der Waals surface area contributed by atoms with Gasteiger partial charge in [0.15, 0.2) is 5.76 Å². The van der Waals surface area contributed by atoms with Gasteiger partial charge in [-0.25, -0.2) is 0 Å². The molecule has 0 radical (unpaired) electrons. The maximum absolute atomic E-state index is 12.4. The standard InChI is InChI=1S/C20H17Cl2NO3S/c21-15-3-1-14(2-4-15)11-12-23-20(24)19-10-7-17(26-19)13-27(25)18-8-5-16(22)6-9-18/h1-10H,11-13H2,(H,23,24)/t27-/m0/s1. The summed E-state index contributed by atoms with van der Waals surface area (Å²) in [6, 6.07) is 17.5. The predicted molar refractivity (Wildman–Crippen MR) is 108 cm³/mol. The highest BCUT2D eigenvalue weighted by Crippen LogP contribution is 2.17. The van der Waals surface area contributed by atoms with E-state index in [4.69, 9.17) is 27.6 Å². The SMILES string of the molecule is O=C(NCCc1ccc(Cl)cc1)c1ccc(C[S@](=O)c2ccc(Cl)cc2)o1. The average Bonchev–Trinajstić information content (AvgIpc) is 3.12. The van der Waals surface area contributed by atoms with Crippen molar-refractivity contribution in [3.63, 3.8) is 0 Å². The smallest absolute Gasteiger partial charge is 0.287 e. The molecule has 0 unspecified atom stereocenters. The van der Waals surface area contributed by atoms with Crippen LogP contribution < -0.4 is 5.32 Å². The fraction of sp³-hybridized carbons (Fsp3) is 0.150. The molecular formula is C20H17Cl2NO3S. The first-order valence-corrected chi connectivity index (χ1v) is 10.3. The summed E-state index contributed by atoms with van der Waals surface area (Å²) in [5, 5.41) is 4.08. The number of carbonyl (C=O) groups is 1. The van der Waals surface area contributed by atoms with E-state index in [1.165, 1.54) is 0 Å². The molecule has 3 aromatic rings. The lowest BCUT2D eigenvalue weighted by Crippen LogP contribution is -2.25. The van der Waals surface area contributed by atoms with E-state index in [2.05, 4.69) is 5.32 Å². The van der Waals surface area contributed by atoms with Crippen LogP contribution in [0.15, 0.2) is 70.0 Å². The molecule has 0 saturated heterocycles. The Kier molecular flexibility index (Phi) is 6.72. The van der Waals surface area contributed by atoms with Crippen LogP contribution in [0.5, 0.6) is 0 Å². The van der Waals surface area contributed by atoms with Crippen LogP contribution >= 0.6 is 23.2 Å². The minimum absolute atomic E-state index is 0.194. The summed E-state index contributed by atoms with van der Waals surface area (Å²) in [5.74, 6) is 0.590. The van der Waals surface area contributed by atoms with E-state index < -0.39 is 10.8 Å². The van der Waals surface area contributed by atoms with Crippen LogP contribution in [0.4, 0.5) is 0 Å². The van der Waals surface area contributed by atoms with Gasteiger partial charge in [-0.15, -0.1) is 0 Å². The second-order valence-electron chi connectivity index (χ2n) is 5.84. The van der Waals surface area contributed by atoms with E-state index in [1.807, 2.05) is 24.3 Å². The number of furan rings is 1. The van der Waals surface area contributed by atoms with Gasteiger partial charge in [-0.1, -0.05) is 35.3 Å². The third-order valence-corrected chi connectivity index (χ3v) is 5.70. The van der Waals surface area contributed by atoms with Gasteiger partial charge in [0.2, 0.25) is 0 Å². The molecule has 0 saturated carbocycles. The van der Waals surface area contributed by atoms with Crippen LogP contribution in [-0.4, -0.2) is 16.7 Å². The van der Waals surface area contributed by atoms with E-state index in [0.717, 1.165) is 5.56 Å². The third kappa shape index (κ3) is 5.70. The van der Waals surface area contributed by atoms with E-state index >= 15 is 0 Å². The summed E-state index contributed by atoms with van der Waals surface area (Å²) >= 11 is 11.7. The zero-order chi connectivity index (χ0) is 19.2. The van der Waals surface area contributed by atoms with Crippen LogP contribution in [-0.2, 0) is 23.0 Å². The van der Waals surface area contributed by atoms with Crippen LogP contribution in [0.25, 0.3) is 0 Å². The zero-order valence-electron chi connectivity index (χ0n) is 14.3. The fourth-order valence-electron chi connectivity index (χ4n) is 2.43. The van der Waals surface area contributed by atoms with Gasteiger partial charge in [-0.2, -0.15) is 0 Å². The van der Waals surface area contributed by atoms with Crippen molar-refractivity contribution >= 4 is 39.9 Å². The van der Waals surface area contributed by atoms with Gasteiger partial charge in [0.1, 0.15) is 5.76 Å². The largest absolute Gasteiger partial charge is 0.455 e. The van der Waals surface area contributed by atoms with Gasteiger partial charge in [0.05, 0.1) is 16.6 Å². The summed E-state index contributed by atoms with van der Waals surface area (Å²) in [4.78, 5) is 12.8. The van der Waals surface area contributed by atoms with Crippen molar-refractivity contribution in [1.82, 2.24) is 5.32 Å². The molecule has 1 N–H and O–H groups in total. The molecule has 4 nitrogen and oxygen atoms in total. The molecule has 0 aliphatic rings. The Hall–Kier alpha value is -2.08. The molecule has 2 aromatic carbocycles. The Morgan fingerprint density at radius 1 is 0.926 bits per heavy atom. The summed E-state index contributed by atoms with van der Waals surface area (Å²) < 4.78 is 17.9. The second kappa shape index (κ2) is 9.22. The van der Waals surface area contributed by atoms with Crippen LogP contribution in [0.2, 0.25) is 10.0 Å². The van der Waals surface area contributed by atoms with Crippen molar-refractivity contribution in [3.05, 3.63) is 87.8 Å². The van der Waals surface area contributed by atoms with Crippen molar-refractivity contribution in [2.75, 3.05) is 6.54 Å². The number of amides is 1. The molecule has 0 bridgehead atoms. The van der Waals surface area contributed by atoms with Gasteiger partial charge in [0, 0.05) is 21.5 Å². The topological polar surface area (TPSA) is 59.3 Å². The lowest BCUT2D eigenvalue weighted by Gasteiger charge is -2.04. The molecule has 1 amide bonds. The van der Waals surface area contributed by atoms with Crippen molar-refractivity contribution < 1.29 is 13.4 Å². The minimum Gasteiger partial charge on any atom is -0.455 e. The van der Waals surface area contributed by atoms with Gasteiger partial charge in [-0.05, 0) is 60.5 Å². The van der Waals surface area contributed by atoms with Crippen molar-refractivity contribution in [2.45, 2.75) is 17.1 Å². The highest BCUT2D eigenvalue weighted by atomic mass is 35.5. The van der Waals surface area contributed by atoms with Crippen molar-refractivity contribution in [2.24, 2.45) is 0 Å². The lowest BCUT2D eigenvalue weighted by atomic mass is 10.1. The molecular weight excluding hydrogens is 405 g/mol. The van der Waals surface area contributed by atoms with Gasteiger partial charge >= 0.3 is 0 Å². The summed E-state index contributed by atoms with van der Waals surface area (Å²) in [6.45, 7) is 0.479. The maximum Gasteiger partial charge on any atom is 0.287 e. The first kappa shape index (κ1) is 19.7. The molecule has 0 fully saturated rings. The first-order valence-electron chi connectivity index (χ1n) is 8.26. The maximum atomic E-state index is 12.4. The molecule has 1 heterocycles. The normalized spacial score (nSPS) is 11.9. The van der Waals surface area contributed by atoms with E-state index in [-0.39, 0.29) is 17.4 Å². The van der Waals surface area contributed by atoms with Gasteiger partial charge in [-0.3, -0.25) is 9.00 Å². The number of hydrogen-bond acceptors (Lipinski definition) is 3. The lowest BCUT2D eigenvalue weighted by molar-refractivity contribution is 0.0925. The monoisotopic (exact) mass is 421 g/mol. The molecule has 0 aliphatic heterocycles. The average molecular weight is 422 g/mol. The number of rotatable bonds is 7. The molecule has 7 heteroatoms. The number of benzene rings is 2. The molecule has 0 aliphatic carbocycles. The van der Waals surface area contributed by atoms with Crippen LogP contribution in [0.1, 0.15) is 21.9 Å². The quantitative estimate of drug-likeness (QED) is 0.591. The van der Waals surface area contributed by atoms with E-state index in [9.17, 15) is 9.00 Å². The van der Waals surface area contributed by atoms with Crippen molar-refractivity contribution in [3.8, 4) is 0 Å². The van der Waals surface area contributed by atoms with Crippen LogP contribution in [0.3, 0.4) is 0 Å². The molecule has 0 spiro atoms. The second-order valence-corrected chi connectivity index (χ2v) is 8.17. The summed E-state index contributed by atoms with van der Waals surface area (Å²) in [6.07, 6.45) is 0.692. The fourth-order valence-corrected chi connectivity index (χ4v) is 3.71. The number of hydrogen-bond donors (Lipinski definition) is 1. The summed E-state index contributed by atoms with van der Waals surface area (Å²) in [5.41, 5.74) is 1.08. The minimum atomic E-state index is -1.27. The van der Waals surface area contributed by atoms with E-state index in [0.29, 0.717) is 33.7 Å². The highest BCUT2D eigenvalue weighted by molar-refractivity contribution is 7.84. The van der Waals surface area contributed by atoms with Crippen molar-refractivity contribution in [1.29, 1.82) is 0 Å². The van der Waals surface area contributed by atoms with Gasteiger partial charge in [0.25, 0.3) is 5.91 Å². The van der Waals surface area contributed by atoms with Gasteiger partial charge < -0.3 is 9.73 Å². The first-order chi connectivity index (χ1) is 13.0. The Morgan fingerprint density at radius 3 is 2.22 bits per heavy atom. The summed E-state index contributed by atoms with van der Waals surface area (Å²) in [7, 11) is -1.27. The molecule has 140 valence electrons. The Balaban J connectivity index is 1.51. The number of halogens is 2. The zero-order valence-corrected chi connectivity index (χ0v) is 16.6. The Bertz CT molecular complexity index is 937.